The van der Waals surface area contributed by atoms with Gasteiger partial charge >= 0.3 is 0 Å². The number of aryl methyl sites for hydroxylation is 1. The number of imide groups is 1. The average molecular weight is 506 g/mol. The number of H-pyrrole nitrogens is 1. The highest BCUT2D eigenvalue weighted by Crippen LogP contribution is 2.40. The summed E-state index contributed by atoms with van der Waals surface area (Å²) < 4.78 is 1.93. The lowest BCUT2D eigenvalue weighted by molar-refractivity contribution is -0.485. The van der Waals surface area contributed by atoms with Gasteiger partial charge in [-0.3, -0.25) is 14.9 Å². The van der Waals surface area contributed by atoms with E-state index in [-0.39, 0.29) is 17.1 Å². The van der Waals surface area contributed by atoms with Gasteiger partial charge in [0, 0.05) is 52.9 Å². The number of nitro groups is 1. The van der Waals surface area contributed by atoms with Gasteiger partial charge in [-0.15, -0.1) is 0 Å². The number of guanidine groups is 1. The molecule has 5 rings (SSSR count). The number of hydrogen-bond donors (Lipinski definition) is 4. The molecule has 3 heterocycles. The number of para-hydroxylation sites is 1. The lowest BCUT2D eigenvalue weighted by atomic mass is 9.95. The first kappa shape index (κ1) is 23.1. The first-order valence-corrected chi connectivity index (χ1v) is 11.4. The zero-order valence-corrected chi connectivity index (χ0v) is 19.5. The van der Waals surface area contributed by atoms with Crippen molar-refractivity contribution in [2.24, 2.45) is 10.8 Å². The van der Waals surface area contributed by atoms with Crippen LogP contribution >= 0.6 is 11.6 Å². The van der Waals surface area contributed by atoms with Crippen LogP contribution in [0.15, 0.2) is 60.0 Å². The highest BCUT2D eigenvalue weighted by Gasteiger charge is 2.35. The number of amides is 2. The average Bonchev–Trinajstić information content (AvgIpc) is 3.49. The Morgan fingerprint density at radius 1 is 1.11 bits per heavy atom. The quantitative estimate of drug-likeness (QED) is 0.0754. The number of hydrazone groups is 1. The van der Waals surface area contributed by atoms with Crippen LogP contribution in [0.2, 0.25) is 5.02 Å². The number of aromatic nitrogens is 2. The van der Waals surface area contributed by atoms with Crippen molar-refractivity contribution in [1.82, 2.24) is 20.2 Å². The third-order valence-corrected chi connectivity index (χ3v) is 6.30. The monoisotopic (exact) mass is 505 g/mol. The molecule has 2 amide bonds. The molecule has 0 unspecified atom stereocenters. The van der Waals surface area contributed by atoms with Crippen molar-refractivity contribution >= 4 is 62.3 Å². The van der Waals surface area contributed by atoms with Crippen LogP contribution in [0, 0.1) is 10.1 Å². The van der Waals surface area contributed by atoms with Gasteiger partial charge in [-0.25, -0.2) is 10.1 Å². The molecule has 0 saturated heterocycles. The zero-order chi connectivity index (χ0) is 25.4. The van der Waals surface area contributed by atoms with E-state index < -0.39 is 16.8 Å². The minimum absolute atomic E-state index is 0.252. The topological polar surface area (TPSA) is 160 Å². The fraction of sp³-hybridized carbons (Fsp3) is 0.125. The SMILES string of the molecule is NC(=N[N+](=O)[O-])NCCCn1cc(C2=C(c3c[nH]c4ccccc34)C(=O)NC2=O)c2c(Cl)cccc21. The molecule has 182 valence electrons. The molecule has 5 N–H and O–H groups in total. The molecule has 0 fully saturated rings. The number of fused-ring (bicyclic) bond motifs is 2. The third kappa shape index (κ3) is 4.05. The number of benzene rings is 2. The van der Waals surface area contributed by atoms with E-state index in [9.17, 15) is 19.7 Å². The van der Waals surface area contributed by atoms with Crippen LogP contribution in [0.1, 0.15) is 17.5 Å². The second-order valence-corrected chi connectivity index (χ2v) is 8.56. The van der Waals surface area contributed by atoms with Crippen molar-refractivity contribution in [3.8, 4) is 0 Å². The summed E-state index contributed by atoms with van der Waals surface area (Å²) in [4.78, 5) is 39.6. The Labute approximate surface area is 208 Å². The Bertz CT molecular complexity index is 1620. The van der Waals surface area contributed by atoms with Crippen LogP contribution in [0.5, 0.6) is 0 Å². The predicted octanol–water partition coefficient (Wildman–Crippen LogP) is 2.83. The first-order valence-electron chi connectivity index (χ1n) is 11.0. The molecule has 0 spiro atoms. The smallest absolute Gasteiger partial charge is 0.266 e. The number of carbonyl (C=O) groups is 2. The molecule has 0 radical (unpaired) electrons. The van der Waals surface area contributed by atoms with E-state index in [1.165, 1.54) is 0 Å². The van der Waals surface area contributed by atoms with Crippen LogP contribution in [-0.4, -0.2) is 38.9 Å². The lowest BCUT2D eigenvalue weighted by Crippen LogP contribution is -2.33. The summed E-state index contributed by atoms with van der Waals surface area (Å²) in [5.74, 6) is -1.25. The first-order chi connectivity index (χ1) is 17.3. The highest BCUT2D eigenvalue weighted by atomic mass is 35.5. The molecule has 4 aromatic rings. The van der Waals surface area contributed by atoms with E-state index in [4.69, 9.17) is 17.3 Å². The normalized spacial score (nSPS) is 14.2. The number of nitrogens with zero attached hydrogens (tertiary/aromatic N) is 3. The van der Waals surface area contributed by atoms with Gasteiger partial charge in [0.05, 0.1) is 21.7 Å². The number of nitrogens with two attached hydrogens (primary N) is 1. The number of hydrogen-bond acceptors (Lipinski definition) is 4. The summed E-state index contributed by atoms with van der Waals surface area (Å²) >= 11 is 6.59. The van der Waals surface area contributed by atoms with Gasteiger partial charge in [-0.05, 0) is 24.6 Å². The van der Waals surface area contributed by atoms with Gasteiger partial charge in [-0.1, -0.05) is 35.9 Å². The summed E-state index contributed by atoms with van der Waals surface area (Å²) in [5.41, 5.74) is 8.80. The number of rotatable bonds is 7. The second-order valence-electron chi connectivity index (χ2n) is 8.15. The molecule has 0 bridgehead atoms. The number of carbonyl (C=O) groups excluding carboxylic acids is 2. The van der Waals surface area contributed by atoms with E-state index in [0.717, 1.165) is 16.4 Å². The van der Waals surface area contributed by atoms with Gasteiger partial charge in [-0.2, -0.15) is 0 Å². The summed E-state index contributed by atoms with van der Waals surface area (Å²) in [7, 11) is 0. The molecular weight excluding hydrogens is 486 g/mol. The van der Waals surface area contributed by atoms with Crippen molar-refractivity contribution < 1.29 is 14.6 Å². The molecular formula is C24H20ClN7O4. The van der Waals surface area contributed by atoms with E-state index >= 15 is 0 Å². The minimum atomic E-state index is -0.872. The summed E-state index contributed by atoms with van der Waals surface area (Å²) in [6, 6.07) is 13.0. The summed E-state index contributed by atoms with van der Waals surface area (Å²) in [6.45, 7) is 0.821. The molecule has 36 heavy (non-hydrogen) atoms. The van der Waals surface area contributed by atoms with Gasteiger partial charge in [0.25, 0.3) is 17.8 Å². The van der Waals surface area contributed by atoms with E-state index in [1.54, 1.807) is 24.5 Å². The Morgan fingerprint density at radius 2 is 1.86 bits per heavy atom. The molecule has 11 nitrogen and oxygen atoms in total. The Balaban J connectivity index is 1.58. The second kappa shape index (κ2) is 9.19. The Morgan fingerprint density at radius 3 is 2.64 bits per heavy atom. The largest absolute Gasteiger partial charge is 0.365 e. The summed E-state index contributed by atoms with van der Waals surface area (Å²) in [6.07, 6.45) is 4.07. The van der Waals surface area contributed by atoms with E-state index in [2.05, 4.69) is 20.7 Å². The fourth-order valence-electron chi connectivity index (χ4n) is 4.52. The third-order valence-electron chi connectivity index (χ3n) is 5.99. The maximum Gasteiger partial charge on any atom is 0.266 e. The van der Waals surface area contributed by atoms with Crippen molar-refractivity contribution in [1.29, 1.82) is 0 Å². The lowest BCUT2D eigenvalue weighted by Gasteiger charge is -2.06. The molecule has 12 heteroatoms. The molecule has 2 aromatic carbocycles. The van der Waals surface area contributed by atoms with Gasteiger partial charge in [0.2, 0.25) is 0 Å². The molecule has 0 atom stereocenters. The standard InChI is InChI=1S/C24H20ClN7O4/c25-16-6-3-8-18-19(16)15(12-31(18)10-4-9-27-24(26)30-32(35)36)21-20(22(33)29-23(21)34)14-11-28-17-7-2-1-5-13(14)17/h1-3,5-8,11-12,28H,4,9-10H2,(H3,26,27,30)(H,29,33,34). The van der Waals surface area contributed by atoms with Crippen molar-refractivity contribution in [2.75, 3.05) is 6.54 Å². The molecule has 1 aliphatic heterocycles. The maximum atomic E-state index is 13.1. The predicted molar refractivity (Wildman–Crippen MR) is 136 cm³/mol. The van der Waals surface area contributed by atoms with Gasteiger partial charge in [0.1, 0.15) is 5.10 Å². The Kier molecular flexibility index (Phi) is 5.90. The van der Waals surface area contributed by atoms with E-state index in [1.807, 2.05) is 34.9 Å². The molecule has 1 aliphatic rings. The molecule has 0 aliphatic carbocycles. The van der Waals surface area contributed by atoms with Crippen molar-refractivity contribution in [3.05, 3.63) is 81.1 Å². The summed E-state index contributed by atoms with van der Waals surface area (Å²) in [5, 5.41) is 19.6. The van der Waals surface area contributed by atoms with Crippen LogP contribution in [0.4, 0.5) is 0 Å². The number of aromatic amines is 1. The fourth-order valence-corrected chi connectivity index (χ4v) is 4.79. The van der Waals surface area contributed by atoms with Crippen molar-refractivity contribution in [3.63, 3.8) is 0 Å². The van der Waals surface area contributed by atoms with Crippen LogP contribution in [0.3, 0.4) is 0 Å². The van der Waals surface area contributed by atoms with Crippen molar-refractivity contribution in [2.45, 2.75) is 13.0 Å². The number of halogens is 1. The van der Waals surface area contributed by atoms with Gasteiger partial charge in [0.15, 0.2) is 5.03 Å². The van der Waals surface area contributed by atoms with Crippen LogP contribution in [0.25, 0.3) is 33.0 Å². The maximum absolute atomic E-state index is 13.1. The Hall–Kier alpha value is -4.64. The highest BCUT2D eigenvalue weighted by molar-refractivity contribution is 6.51. The van der Waals surface area contributed by atoms with Crippen LogP contribution in [-0.2, 0) is 16.1 Å². The number of nitrogens with one attached hydrogen (secondary N) is 3. The van der Waals surface area contributed by atoms with E-state index in [0.29, 0.717) is 41.0 Å². The van der Waals surface area contributed by atoms with Gasteiger partial charge < -0.3 is 20.6 Å². The molecule has 0 saturated carbocycles. The molecule has 2 aromatic heterocycles. The zero-order valence-electron chi connectivity index (χ0n) is 18.7. The van der Waals surface area contributed by atoms with Crippen LogP contribution < -0.4 is 16.4 Å². The minimum Gasteiger partial charge on any atom is -0.365 e.